The maximum Gasteiger partial charge on any atom is 0.215 e. The van der Waals surface area contributed by atoms with Crippen molar-refractivity contribution in [2.45, 2.75) is 19.1 Å². The third kappa shape index (κ3) is 3.69. The molecule has 0 aromatic heterocycles. The summed E-state index contributed by atoms with van der Waals surface area (Å²) < 4.78 is 24.8. The second-order valence-corrected chi connectivity index (χ2v) is 4.59. The van der Waals surface area contributed by atoms with Gasteiger partial charge in [0.2, 0.25) is 10.0 Å². The second kappa shape index (κ2) is 4.69. The van der Waals surface area contributed by atoms with Gasteiger partial charge >= 0.3 is 0 Å². The normalized spacial score (nSPS) is 14.8. The zero-order chi connectivity index (χ0) is 8.91. The van der Waals surface area contributed by atoms with Gasteiger partial charge in [-0.3, -0.25) is 0 Å². The van der Waals surface area contributed by atoms with E-state index in [0.717, 1.165) is 0 Å². The molecule has 1 unspecified atom stereocenters. The lowest BCUT2D eigenvalue weighted by Crippen LogP contribution is -2.37. The van der Waals surface area contributed by atoms with Gasteiger partial charge in [0.25, 0.3) is 0 Å². The number of nitrogens with one attached hydrogen (secondary N) is 2. The zero-order valence-corrected chi connectivity index (χ0v) is 8.03. The minimum absolute atomic E-state index is 0.368. The Balaban J connectivity index is 4.07. The van der Waals surface area contributed by atoms with Gasteiger partial charge in [0.1, 0.15) is 0 Å². The molecule has 0 saturated heterocycles. The molecule has 0 saturated carbocycles. The maximum atomic E-state index is 11.2. The summed E-state index contributed by atoms with van der Waals surface area (Å²) in [5.74, 6) is 0. The first-order valence-electron chi connectivity index (χ1n) is 3.67. The Hall–Kier alpha value is -0.130. The van der Waals surface area contributed by atoms with Crippen LogP contribution in [0.2, 0.25) is 0 Å². The predicted molar refractivity (Wildman–Crippen MR) is 46.0 cm³/mol. The fraction of sp³-hybridized carbons (Fsp3) is 1.00. The predicted octanol–water partition coefficient (Wildman–Crippen LogP) is -0.466. The van der Waals surface area contributed by atoms with Crippen molar-refractivity contribution >= 4 is 10.0 Å². The molecule has 0 fully saturated rings. The van der Waals surface area contributed by atoms with Gasteiger partial charge in [-0.05, 0) is 14.0 Å². The summed E-state index contributed by atoms with van der Waals surface area (Å²) in [7, 11) is -1.35. The summed E-state index contributed by atoms with van der Waals surface area (Å²) >= 11 is 0. The smallest absolute Gasteiger partial charge is 0.215 e. The molecule has 68 valence electrons. The van der Waals surface area contributed by atoms with E-state index in [0.29, 0.717) is 13.1 Å². The minimum Gasteiger partial charge on any atom is -0.318 e. The fourth-order valence-electron chi connectivity index (χ4n) is 0.741. The number of rotatable bonds is 5. The molecule has 5 heteroatoms. The average molecular weight is 180 g/mol. The van der Waals surface area contributed by atoms with Gasteiger partial charge in [-0.2, -0.15) is 0 Å². The van der Waals surface area contributed by atoms with Crippen LogP contribution in [0, 0.1) is 0 Å². The molecule has 0 spiro atoms. The van der Waals surface area contributed by atoms with Crippen molar-refractivity contribution in [2.75, 3.05) is 20.1 Å². The Morgan fingerprint density at radius 2 is 2.00 bits per heavy atom. The Labute approximate surface area is 68.4 Å². The molecular weight excluding hydrogens is 164 g/mol. The Kier molecular flexibility index (Phi) is 4.63. The van der Waals surface area contributed by atoms with Gasteiger partial charge in [0.15, 0.2) is 0 Å². The molecule has 0 bridgehead atoms. The first-order chi connectivity index (χ1) is 5.04. The van der Waals surface area contributed by atoms with E-state index in [-0.39, 0.29) is 5.25 Å². The van der Waals surface area contributed by atoms with E-state index in [1.54, 1.807) is 20.9 Å². The molecule has 0 heterocycles. The van der Waals surface area contributed by atoms with Crippen molar-refractivity contribution in [3.63, 3.8) is 0 Å². The molecule has 0 radical (unpaired) electrons. The molecule has 0 aromatic carbocycles. The molecule has 0 aliphatic heterocycles. The lowest BCUT2D eigenvalue weighted by atomic mass is 10.5. The van der Waals surface area contributed by atoms with E-state index >= 15 is 0 Å². The minimum atomic E-state index is -3.08. The third-order valence-electron chi connectivity index (χ3n) is 1.37. The zero-order valence-electron chi connectivity index (χ0n) is 7.22. The fourth-order valence-corrected chi connectivity index (χ4v) is 1.81. The van der Waals surface area contributed by atoms with Gasteiger partial charge in [-0.1, -0.05) is 6.92 Å². The quantitative estimate of drug-likeness (QED) is 0.601. The summed E-state index contributed by atoms with van der Waals surface area (Å²) in [4.78, 5) is 0. The van der Waals surface area contributed by atoms with Crippen LogP contribution >= 0.6 is 0 Å². The van der Waals surface area contributed by atoms with Gasteiger partial charge in [-0.15, -0.1) is 0 Å². The van der Waals surface area contributed by atoms with Crippen LogP contribution in [0.3, 0.4) is 0 Å². The first-order valence-corrected chi connectivity index (χ1v) is 5.22. The molecule has 1 atom stereocenters. The van der Waals surface area contributed by atoms with Gasteiger partial charge in [0, 0.05) is 13.1 Å². The second-order valence-electron chi connectivity index (χ2n) is 2.41. The van der Waals surface area contributed by atoms with Crippen LogP contribution in [-0.4, -0.2) is 33.8 Å². The van der Waals surface area contributed by atoms with Gasteiger partial charge in [-0.25, -0.2) is 13.1 Å². The molecule has 0 aromatic rings. The van der Waals surface area contributed by atoms with Gasteiger partial charge in [0.05, 0.1) is 5.25 Å². The summed E-state index contributed by atoms with van der Waals surface area (Å²) in [5.41, 5.74) is 0. The van der Waals surface area contributed by atoms with E-state index in [9.17, 15) is 8.42 Å². The van der Waals surface area contributed by atoms with Crippen LogP contribution in [0.15, 0.2) is 0 Å². The van der Waals surface area contributed by atoms with Crippen LogP contribution in [0.1, 0.15) is 13.8 Å². The Bertz CT molecular complexity index is 189. The van der Waals surface area contributed by atoms with Crippen LogP contribution < -0.4 is 10.0 Å². The Morgan fingerprint density at radius 3 is 2.36 bits per heavy atom. The molecule has 0 rings (SSSR count). The van der Waals surface area contributed by atoms with Crippen LogP contribution in [0.4, 0.5) is 0 Å². The van der Waals surface area contributed by atoms with E-state index < -0.39 is 10.0 Å². The summed E-state index contributed by atoms with van der Waals surface area (Å²) in [6.45, 7) is 4.38. The highest BCUT2D eigenvalue weighted by Gasteiger charge is 2.17. The lowest BCUT2D eigenvalue weighted by molar-refractivity contribution is 0.566. The highest BCUT2D eigenvalue weighted by molar-refractivity contribution is 7.90. The van der Waals surface area contributed by atoms with Crippen molar-refractivity contribution in [3.05, 3.63) is 0 Å². The molecule has 2 N–H and O–H groups in total. The highest BCUT2D eigenvalue weighted by Crippen LogP contribution is 1.94. The maximum absolute atomic E-state index is 11.2. The molecule has 0 aliphatic carbocycles. The molecular formula is C6H16N2O2S. The van der Waals surface area contributed by atoms with E-state index in [2.05, 4.69) is 10.0 Å². The van der Waals surface area contributed by atoms with Crippen molar-refractivity contribution in [3.8, 4) is 0 Å². The molecule has 11 heavy (non-hydrogen) atoms. The average Bonchev–Trinajstić information content (AvgIpc) is 1.88. The number of sulfonamides is 1. The SMILES string of the molecule is CCNS(=O)(=O)C(C)CNC. The van der Waals surface area contributed by atoms with E-state index in [1.165, 1.54) is 0 Å². The van der Waals surface area contributed by atoms with Crippen molar-refractivity contribution in [1.29, 1.82) is 0 Å². The summed E-state index contributed by atoms with van der Waals surface area (Å²) in [5, 5.41) is 2.44. The van der Waals surface area contributed by atoms with Crippen molar-refractivity contribution in [1.82, 2.24) is 10.0 Å². The van der Waals surface area contributed by atoms with Crippen molar-refractivity contribution < 1.29 is 8.42 Å². The Morgan fingerprint density at radius 1 is 1.45 bits per heavy atom. The monoisotopic (exact) mass is 180 g/mol. The van der Waals surface area contributed by atoms with E-state index in [4.69, 9.17) is 0 Å². The van der Waals surface area contributed by atoms with Crippen LogP contribution in [-0.2, 0) is 10.0 Å². The summed E-state index contributed by atoms with van der Waals surface area (Å²) in [6, 6.07) is 0. The molecule has 0 amide bonds. The number of hydrogen-bond donors (Lipinski definition) is 2. The first kappa shape index (κ1) is 10.9. The number of hydrogen-bond acceptors (Lipinski definition) is 3. The van der Waals surface area contributed by atoms with Crippen molar-refractivity contribution in [2.24, 2.45) is 0 Å². The van der Waals surface area contributed by atoms with Crippen LogP contribution in [0.25, 0.3) is 0 Å². The highest BCUT2D eigenvalue weighted by atomic mass is 32.2. The largest absolute Gasteiger partial charge is 0.318 e. The standard InChI is InChI=1S/C6H16N2O2S/c1-4-8-11(9,10)6(2)5-7-3/h6-8H,4-5H2,1-3H3. The van der Waals surface area contributed by atoms with Crippen LogP contribution in [0.5, 0.6) is 0 Å². The topological polar surface area (TPSA) is 58.2 Å². The van der Waals surface area contributed by atoms with E-state index in [1.807, 2.05) is 0 Å². The third-order valence-corrected chi connectivity index (χ3v) is 3.28. The molecule has 4 nitrogen and oxygen atoms in total. The van der Waals surface area contributed by atoms with Gasteiger partial charge < -0.3 is 5.32 Å². The molecule has 0 aliphatic rings. The summed E-state index contributed by atoms with van der Waals surface area (Å²) in [6.07, 6.45) is 0. The lowest BCUT2D eigenvalue weighted by Gasteiger charge is -2.11.